The fraction of sp³-hybridized carbons (Fsp3) is 0.589. The van der Waals surface area contributed by atoms with Crippen LogP contribution in [-0.4, -0.2) is 129 Å². The van der Waals surface area contributed by atoms with Crippen molar-refractivity contribution in [3.63, 3.8) is 0 Å². The van der Waals surface area contributed by atoms with E-state index in [0.29, 0.717) is 94.7 Å². The molecule has 6 aliphatic heterocycles. The maximum absolute atomic E-state index is 15.4. The van der Waals surface area contributed by atoms with Gasteiger partial charge in [-0.15, -0.1) is 0 Å². The van der Waals surface area contributed by atoms with Gasteiger partial charge in [0.05, 0.1) is 34.3 Å². The summed E-state index contributed by atoms with van der Waals surface area (Å²) in [6, 6.07) is 14.8. The van der Waals surface area contributed by atoms with Gasteiger partial charge in [-0.1, -0.05) is 24.6 Å². The first-order valence-corrected chi connectivity index (χ1v) is 27.1. The number of imidazole rings is 1. The molecular weight excluding hydrogens is 912 g/mol. The van der Waals surface area contributed by atoms with Crippen LogP contribution in [0.25, 0.3) is 22.3 Å². The quantitative estimate of drug-likeness (QED) is 0.155. The Balaban J connectivity index is 0.723. The van der Waals surface area contributed by atoms with Gasteiger partial charge in [-0.05, 0) is 141 Å². The number of amides is 5. The third-order valence-electron chi connectivity index (χ3n) is 18.1. The summed E-state index contributed by atoms with van der Waals surface area (Å²) in [4.78, 5) is 88.8. The van der Waals surface area contributed by atoms with Crippen molar-refractivity contribution in [2.45, 2.75) is 146 Å². The van der Waals surface area contributed by atoms with E-state index in [2.05, 4.69) is 68.0 Å². The molecule has 15 nitrogen and oxygen atoms in total. The molecule has 8 heterocycles. The molecule has 16 heteroatoms. The van der Waals surface area contributed by atoms with Crippen LogP contribution in [0.2, 0.25) is 0 Å². The highest BCUT2D eigenvalue weighted by molar-refractivity contribution is 6.09. The number of fused-ring (bicyclic) bond motifs is 3. The van der Waals surface area contributed by atoms with Gasteiger partial charge in [-0.25, -0.2) is 14.4 Å². The van der Waals surface area contributed by atoms with Gasteiger partial charge in [0.15, 0.2) is 5.82 Å². The topological polar surface area (TPSA) is 156 Å². The van der Waals surface area contributed by atoms with Crippen LogP contribution in [0.15, 0.2) is 48.8 Å². The van der Waals surface area contributed by atoms with E-state index in [1.54, 1.807) is 6.07 Å². The number of likely N-dealkylation sites (tertiary alicyclic amines) is 3. The number of halogens is 1. The summed E-state index contributed by atoms with van der Waals surface area (Å²) < 4.78 is 17.6. The van der Waals surface area contributed by atoms with Crippen LogP contribution in [0.3, 0.4) is 0 Å². The number of aromatic nitrogens is 3. The standard InChI is InChI=1S/C56H69FN10O5/c1-34(2)66-33-58-46-31-45(60-50(49(46)66)59-37-8-9-37)36-7-13-43-47(27-36)67(40-28-39(29-40)62-20-5-4-6-21-62)54(72)56(43)18-25-64(26-19-56)53(71)55(3)17-24-65(32-55)52(70)35-15-22-63(23-16-35)38-10-11-41(44(57)30-38)42-12-14-48(68)61-51(42)69/h7,10-11,13,27,30-31,33-35,37,39-40,42H,4-6,8-9,12,14-26,28-29,32H2,1-3H3,(H,59,60)(H,61,68,69)/t39?,40?,42?,55-/m1/s1. The molecule has 4 aromatic rings. The molecule has 380 valence electrons. The van der Waals surface area contributed by atoms with Crippen molar-refractivity contribution < 1.29 is 28.4 Å². The normalized spacial score (nSPS) is 27.0. The number of anilines is 3. The molecule has 1 unspecified atom stereocenters. The first kappa shape index (κ1) is 47.1. The van der Waals surface area contributed by atoms with Crippen molar-refractivity contribution >= 4 is 57.8 Å². The highest BCUT2D eigenvalue weighted by Gasteiger charge is 2.57. The van der Waals surface area contributed by atoms with Crippen molar-refractivity contribution in [2.24, 2.45) is 11.3 Å². The van der Waals surface area contributed by atoms with E-state index < -0.39 is 28.5 Å². The Morgan fingerprint density at radius 3 is 2.29 bits per heavy atom. The molecule has 2 saturated carbocycles. The third kappa shape index (κ3) is 8.23. The number of hydrogen-bond acceptors (Lipinski definition) is 10. The second-order valence-electron chi connectivity index (χ2n) is 23.1. The van der Waals surface area contributed by atoms with Crippen molar-refractivity contribution in [1.29, 1.82) is 0 Å². The summed E-state index contributed by atoms with van der Waals surface area (Å²) in [6.45, 7) is 11.6. The first-order valence-electron chi connectivity index (χ1n) is 27.1. The number of carbonyl (C=O) groups is 5. The molecule has 5 amide bonds. The van der Waals surface area contributed by atoms with Gasteiger partial charge >= 0.3 is 0 Å². The Hall–Kier alpha value is -5.90. The average Bonchev–Trinajstić information content (AvgIpc) is 3.85. The van der Waals surface area contributed by atoms with Crippen molar-refractivity contribution in [2.75, 3.05) is 67.5 Å². The molecule has 2 aromatic heterocycles. The highest BCUT2D eigenvalue weighted by Crippen LogP contribution is 2.53. The third-order valence-corrected chi connectivity index (χ3v) is 18.1. The number of rotatable bonds is 10. The highest BCUT2D eigenvalue weighted by atomic mass is 19.1. The van der Waals surface area contributed by atoms with Gasteiger partial charge in [-0.2, -0.15) is 0 Å². The Morgan fingerprint density at radius 2 is 1.58 bits per heavy atom. The monoisotopic (exact) mass is 981 g/mol. The molecule has 1 spiro atoms. The maximum Gasteiger partial charge on any atom is 0.238 e. The molecule has 0 bridgehead atoms. The van der Waals surface area contributed by atoms with Gasteiger partial charge in [0.2, 0.25) is 29.5 Å². The minimum absolute atomic E-state index is 0.0588. The average molecular weight is 981 g/mol. The summed E-state index contributed by atoms with van der Waals surface area (Å²) in [5, 5.41) is 6.01. The van der Waals surface area contributed by atoms with E-state index in [9.17, 15) is 19.2 Å². The number of imide groups is 1. The number of nitrogens with zero attached hydrogens (tertiary/aromatic N) is 8. The lowest BCUT2D eigenvalue weighted by Crippen LogP contribution is -2.59. The molecule has 2 N–H and O–H groups in total. The summed E-state index contributed by atoms with van der Waals surface area (Å²) >= 11 is 0. The van der Waals surface area contributed by atoms with Crippen molar-refractivity contribution in [3.8, 4) is 11.3 Å². The second kappa shape index (κ2) is 18.2. The number of nitrogens with one attached hydrogen (secondary N) is 2. The van der Waals surface area contributed by atoms with Gasteiger partial charge in [0, 0.05) is 98.3 Å². The number of benzene rings is 2. The zero-order chi connectivity index (χ0) is 49.6. The Kier molecular flexibility index (Phi) is 11.9. The van der Waals surface area contributed by atoms with E-state index in [0.717, 1.165) is 78.1 Å². The smallest absolute Gasteiger partial charge is 0.238 e. The van der Waals surface area contributed by atoms with Crippen LogP contribution in [-0.2, 0) is 29.4 Å². The Morgan fingerprint density at radius 1 is 0.833 bits per heavy atom. The predicted molar refractivity (Wildman–Crippen MR) is 273 cm³/mol. The second-order valence-corrected chi connectivity index (χ2v) is 23.1. The van der Waals surface area contributed by atoms with E-state index in [1.807, 2.05) is 29.1 Å². The fourth-order valence-corrected chi connectivity index (χ4v) is 13.5. The minimum atomic E-state index is -0.720. The van der Waals surface area contributed by atoms with Crippen LogP contribution in [0.1, 0.15) is 134 Å². The minimum Gasteiger partial charge on any atom is -0.371 e. The molecule has 12 rings (SSSR count). The summed E-state index contributed by atoms with van der Waals surface area (Å²) in [5.74, 6) is -0.980. The SMILES string of the molecule is CC(C)n1cnc2cc(-c3ccc4c(c3)N(C3CC(N5CCCCC5)C3)C(=O)C43CCN(C(=O)[C@]4(C)CCN(C(=O)C5CCN(c6ccc(C7CCC(=O)NC7=O)c(F)c6)CC5)C4)CC3)nc(NC3CC3)c21. The van der Waals surface area contributed by atoms with Crippen molar-refractivity contribution in [3.05, 3.63) is 65.7 Å². The fourth-order valence-electron chi connectivity index (χ4n) is 13.5. The van der Waals surface area contributed by atoms with Gasteiger partial charge in [-0.3, -0.25) is 29.3 Å². The molecule has 5 saturated heterocycles. The van der Waals surface area contributed by atoms with E-state index >= 15 is 9.18 Å². The molecule has 2 atom stereocenters. The van der Waals surface area contributed by atoms with Crippen LogP contribution < -0.4 is 20.4 Å². The lowest BCUT2D eigenvalue weighted by molar-refractivity contribution is -0.145. The maximum atomic E-state index is 15.4. The first-order chi connectivity index (χ1) is 34.8. The van der Waals surface area contributed by atoms with Crippen LogP contribution >= 0.6 is 0 Å². The molecule has 7 fully saturated rings. The number of carbonyl (C=O) groups excluding carboxylic acids is 5. The van der Waals surface area contributed by atoms with E-state index in [4.69, 9.17) is 9.97 Å². The zero-order valence-electron chi connectivity index (χ0n) is 42.1. The summed E-state index contributed by atoms with van der Waals surface area (Å²) in [6.07, 6.45) is 13.3. The van der Waals surface area contributed by atoms with E-state index in [-0.39, 0.29) is 54.5 Å². The predicted octanol–water partition coefficient (Wildman–Crippen LogP) is 7.29. The van der Waals surface area contributed by atoms with Gasteiger partial charge < -0.3 is 34.4 Å². The van der Waals surface area contributed by atoms with Crippen molar-refractivity contribution in [1.82, 2.24) is 34.6 Å². The molecular formula is C56H69FN10O5. The lowest BCUT2D eigenvalue weighted by atomic mass is 9.72. The van der Waals surface area contributed by atoms with Crippen LogP contribution in [0.4, 0.5) is 21.6 Å². The summed E-state index contributed by atoms with van der Waals surface area (Å²) in [7, 11) is 0. The van der Waals surface area contributed by atoms with Crippen LogP contribution in [0.5, 0.6) is 0 Å². The lowest BCUT2D eigenvalue weighted by Gasteiger charge is -2.48. The molecule has 72 heavy (non-hydrogen) atoms. The Bertz CT molecular complexity index is 2830. The van der Waals surface area contributed by atoms with Crippen LogP contribution in [0, 0.1) is 17.2 Å². The van der Waals surface area contributed by atoms with Gasteiger partial charge in [0.25, 0.3) is 0 Å². The molecule has 0 radical (unpaired) electrons. The summed E-state index contributed by atoms with van der Waals surface area (Å²) in [5.41, 5.74) is 5.35. The largest absolute Gasteiger partial charge is 0.371 e. The Labute approximate surface area is 421 Å². The van der Waals surface area contributed by atoms with E-state index in [1.165, 1.54) is 25.3 Å². The molecule has 2 aliphatic carbocycles. The number of piperidine rings is 4. The van der Waals surface area contributed by atoms with Gasteiger partial charge in [0.1, 0.15) is 11.3 Å². The molecule has 8 aliphatic rings. The number of pyridine rings is 1. The number of hydrogen-bond donors (Lipinski definition) is 2. The zero-order valence-corrected chi connectivity index (χ0v) is 42.1. The molecule has 2 aromatic carbocycles.